The summed E-state index contributed by atoms with van der Waals surface area (Å²) in [7, 11) is 0. The Kier molecular flexibility index (Phi) is 2.72. The van der Waals surface area contributed by atoms with Gasteiger partial charge < -0.3 is 10.7 Å². The van der Waals surface area contributed by atoms with E-state index in [9.17, 15) is 0 Å². The Labute approximate surface area is 86.1 Å². The SMILES string of the molecule is CCC(C)(C)c1cnc(C(C)(C)N)[nH]1. The average molecular weight is 195 g/mol. The monoisotopic (exact) mass is 195 g/mol. The summed E-state index contributed by atoms with van der Waals surface area (Å²) >= 11 is 0. The molecule has 1 aromatic rings. The number of nitrogens with zero attached hydrogens (tertiary/aromatic N) is 1. The van der Waals surface area contributed by atoms with Gasteiger partial charge in [0.05, 0.1) is 5.54 Å². The molecule has 14 heavy (non-hydrogen) atoms. The van der Waals surface area contributed by atoms with Gasteiger partial charge in [0.2, 0.25) is 0 Å². The Bertz CT molecular complexity index is 305. The highest BCUT2D eigenvalue weighted by atomic mass is 15.0. The van der Waals surface area contributed by atoms with Crippen molar-refractivity contribution in [2.24, 2.45) is 5.73 Å². The molecule has 0 bridgehead atoms. The zero-order valence-electron chi connectivity index (χ0n) is 9.81. The number of rotatable bonds is 3. The molecule has 0 atom stereocenters. The number of hydrogen-bond acceptors (Lipinski definition) is 2. The lowest BCUT2D eigenvalue weighted by Crippen LogP contribution is -2.30. The average Bonchev–Trinajstić information content (AvgIpc) is 2.51. The minimum Gasteiger partial charge on any atom is -0.344 e. The van der Waals surface area contributed by atoms with Gasteiger partial charge in [-0.3, -0.25) is 0 Å². The van der Waals surface area contributed by atoms with Gasteiger partial charge in [0.1, 0.15) is 5.82 Å². The van der Waals surface area contributed by atoms with Crippen LogP contribution in [0.5, 0.6) is 0 Å². The Hall–Kier alpha value is -0.830. The number of aromatic nitrogens is 2. The Morgan fingerprint density at radius 1 is 1.36 bits per heavy atom. The molecule has 0 saturated heterocycles. The second-order valence-electron chi connectivity index (χ2n) is 5.10. The number of aromatic amines is 1. The van der Waals surface area contributed by atoms with Crippen molar-refractivity contribution in [3.05, 3.63) is 17.7 Å². The lowest BCUT2D eigenvalue weighted by atomic mass is 9.87. The van der Waals surface area contributed by atoms with Crippen LogP contribution in [0.15, 0.2) is 6.20 Å². The molecule has 0 spiro atoms. The van der Waals surface area contributed by atoms with Crippen molar-refractivity contribution in [3.63, 3.8) is 0 Å². The van der Waals surface area contributed by atoms with E-state index in [1.54, 1.807) is 0 Å². The topological polar surface area (TPSA) is 54.7 Å². The summed E-state index contributed by atoms with van der Waals surface area (Å²) < 4.78 is 0. The van der Waals surface area contributed by atoms with Gasteiger partial charge in [0, 0.05) is 17.3 Å². The van der Waals surface area contributed by atoms with E-state index in [1.807, 2.05) is 20.0 Å². The van der Waals surface area contributed by atoms with Crippen molar-refractivity contribution in [3.8, 4) is 0 Å². The summed E-state index contributed by atoms with van der Waals surface area (Å²) in [6, 6.07) is 0. The molecule has 1 heterocycles. The van der Waals surface area contributed by atoms with Gasteiger partial charge in [0.25, 0.3) is 0 Å². The molecule has 0 aliphatic heterocycles. The highest BCUT2D eigenvalue weighted by molar-refractivity contribution is 5.15. The molecule has 1 rings (SSSR count). The molecule has 0 amide bonds. The van der Waals surface area contributed by atoms with Gasteiger partial charge >= 0.3 is 0 Å². The first kappa shape index (κ1) is 11.2. The molecule has 3 N–H and O–H groups in total. The normalized spacial score (nSPS) is 13.3. The predicted octanol–water partition coefficient (Wildman–Crippen LogP) is 2.29. The summed E-state index contributed by atoms with van der Waals surface area (Å²) in [4.78, 5) is 7.63. The number of nitrogens with two attached hydrogens (primary N) is 1. The molecular formula is C11H21N3. The fraction of sp³-hybridized carbons (Fsp3) is 0.727. The van der Waals surface area contributed by atoms with Gasteiger partial charge in [-0.15, -0.1) is 0 Å². The lowest BCUT2D eigenvalue weighted by Gasteiger charge is -2.21. The molecule has 1 aromatic heterocycles. The van der Waals surface area contributed by atoms with Gasteiger partial charge in [-0.05, 0) is 20.3 Å². The molecule has 3 nitrogen and oxygen atoms in total. The maximum absolute atomic E-state index is 5.96. The molecule has 0 saturated carbocycles. The first-order valence-electron chi connectivity index (χ1n) is 5.12. The molecule has 0 radical (unpaired) electrons. The molecule has 0 aliphatic rings. The van der Waals surface area contributed by atoms with E-state index in [0.29, 0.717) is 0 Å². The summed E-state index contributed by atoms with van der Waals surface area (Å²) in [5.41, 5.74) is 6.88. The molecule has 80 valence electrons. The van der Waals surface area contributed by atoms with E-state index < -0.39 is 0 Å². The van der Waals surface area contributed by atoms with Crippen LogP contribution in [0, 0.1) is 0 Å². The highest BCUT2D eigenvalue weighted by Gasteiger charge is 2.24. The maximum atomic E-state index is 5.96. The minimum atomic E-state index is -0.387. The van der Waals surface area contributed by atoms with Crippen LogP contribution in [0.4, 0.5) is 0 Å². The standard InChI is InChI=1S/C11H21N3/c1-6-10(2,3)8-7-13-9(14-8)11(4,5)12/h7H,6,12H2,1-5H3,(H,13,14). The molecule has 0 fully saturated rings. The predicted molar refractivity (Wildman–Crippen MR) is 59.1 cm³/mol. The lowest BCUT2D eigenvalue weighted by molar-refractivity contribution is 0.480. The first-order chi connectivity index (χ1) is 6.27. The third kappa shape index (κ3) is 2.15. The van der Waals surface area contributed by atoms with E-state index in [-0.39, 0.29) is 11.0 Å². The summed E-state index contributed by atoms with van der Waals surface area (Å²) in [5.74, 6) is 0.856. The van der Waals surface area contributed by atoms with Crippen LogP contribution in [0.2, 0.25) is 0 Å². The Morgan fingerprint density at radius 3 is 2.29 bits per heavy atom. The number of hydrogen-bond donors (Lipinski definition) is 2. The quantitative estimate of drug-likeness (QED) is 0.777. The third-order valence-corrected chi connectivity index (χ3v) is 2.80. The van der Waals surface area contributed by atoms with E-state index in [2.05, 4.69) is 30.7 Å². The fourth-order valence-electron chi connectivity index (χ4n) is 1.18. The summed E-state index contributed by atoms with van der Waals surface area (Å²) in [6.45, 7) is 10.5. The largest absolute Gasteiger partial charge is 0.344 e. The number of H-pyrrole nitrogens is 1. The molecule has 0 unspecified atom stereocenters. The van der Waals surface area contributed by atoms with Gasteiger partial charge in [-0.2, -0.15) is 0 Å². The highest BCUT2D eigenvalue weighted by Crippen LogP contribution is 2.26. The van der Waals surface area contributed by atoms with E-state index in [0.717, 1.165) is 17.9 Å². The molecule has 0 aliphatic carbocycles. The van der Waals surface area contributed by atoms with Crippen LogP contribution >= 0.6 is 0 Å². The van der Waals surface area contributed by atoms with Crippen molar-refractivity contribution in [1.82, 2.24) is 9.97 Å². The van der Waals surface area contributed by atoms with Crippen molar-refractivity contribution < 1.29 is 0 Å². The minimum absolute atomic E-state index is 0.149. The second-order valence-corrected chi connectivity index (χ2v) is 5.10. The number of imidazole rings is 1. The zero-order valence-corrected chi connectivity index (χ0v) is 9.81. The van der Waals surface area contributed by atoms with Gasteiger partial charge in [-0.1, -0.05) is 20.8 Å². The Morgan fingerprint density at radius 2 is 1.93 bits per heavy atom. The third-order valence-electron chi connectivity index (χ3n) is 2.80. The van der Waals surface area contributed by atoms with Crippen LogP contribution in [0.25, 0.3) is 0 Å². The maximum Gasteiger partial charge on any atom is 0.125 e. The summed E-state index contributed by atoms with van der Waals surface area (Å²) in [5, 5.41) is 0. The molecule has 0 aromatic carbocycles. The van der Waals surface area contributed by atoms with Crippen LogP contribution in [-0.4, -0.2) is 9.97 Å². The van der Waals surface area contributed by atoms with Crippen molar-refractivity contribution in [1.29, 1.82) is 0 Å². The number of nitrogens with one attached hydrogen (secondary N) is 1. The van der Waals surface area contributed by atoms with Crippen LogP contribution in [-0.2, 0) is 11.0 Å². The van der Waals surface area contributed by atoms with Crippen LogP contribution in [0.3, 0.4) is 0 Å². The first-order valence-corrected chi connectivity index (χ1v) is 5.12. The Balaban J connectivity index is 3.00. The van der Waals surface area contributed by atoms with Gasteiger partial charge in [-0.25, -0.2) is 4.98 Å². The fourth-order valence-corrected chi connectivity index (χ4v) is 1.18. The molecular weight excluding hydrogens is 174 g/mol. The zero-order chi connectivity index (χ0) is 11.0. The molecule has 3 heteroatoms. The van der Waals surface area contributed by atoms with Gasteiger partial charge in [0.15, 0.2) is 0 Å². The van der Waals surface area contributed by atoms with E-state index in [4.69, 9.17) is 5.73 Å². The van der Waals surface area contributed by atoms with Crippen LogP contribution in [0.1, 0.15) is 52.6 Å². The van der Waals surface area contributed by atoms with Crippen molar-refractivity contribution >= 4 is 0 Å². The van der Waals surface area contributed by atoms with Crippen LogP contribution < -0.4 is 5.73 Å². The van der Waals surface area contributed by atoms with Crippen molar-refractivity contribution in [2.75, 3.05) is 0 Å². The van der Waals surface area contributed by atoms with Crippen molar-refractivity contribution in [2.45, 2.75) is 52.0 Å². The summed E-state index contributed by atoms with van der Waals surface area (Å²) in [6.07, 6.45) is 2.98. The van der Waals surface area contributed by atoms with E-state index in [1.165, 1.54) is 0 Å². The smallest absolute Gasteiger partial charge is 0.125 e. The second kappa shape index (κ2) is 3.39. The van der Waals surface area contributed by atoms with E-state index >= 15 is 0 Å².